The third-order valence-corrected chi connectivity index (χ3v) is 5.51. The summed E-state index contributed by atoms with van der Waals surface area (Å²) in [7, 11) is -4.06. The highest BCUT2D eigenvalue weighted by Gasteiger charge is 2.37. The zero-order chi connectivity index (χ0) is 18.8. The van der Waals surface area contributed by atoms with Crippen LogP contribution in [0.1, 0.15) is 12.5 Å². The Balaban J connectivity index is 2.21. The number of aliphatic hydroxyl groups is 1. The van der Waals surface area contributed by atoms with Gasteiger partial charge in [0.05, 0.1) is 16.3 Å². The van der Waals surface area contributed by atoms with Gasteiger partial charge in [0.25, 0.3) is 5.91 Å². The molecule has 0 saturated carbocycles. The highest BCUT2D eigenvalue weighted by molar-refractivity contribution is 7.91. The summed E-state index contributed by atoms with van der Waals surface area (Å²) in [6, 6.07) is 8.32. The molecule has 0 radical (unpaired) electrons. The van der Waals surface area contributed by atoms with E-state index < -0.39 is 38.7 Å². The van der Waals surface area contributed by atoms with Crippen LogP contribution in [0.5, 0.6) is 0 Å². The summed E-state index contributed by atoms with van der Waals surface area (Å²) in [5.41, 5.74) is -2.19. The van der Waals surface area contributed by atoms with Gasteiger partial charge in [-0.1, -0.05) is 12.1 Å². The Morgan fingerprint density at radius 3 is 2.36 bits per heavy atom. The largest absolute Gasteiger partial charge is 0.379 e. The number of nitrogens with one attached hydrogen (secondary N) is 1. The first-order valence-corrected chi connectivity index (χ1v) is 8.95. The molecule has 2 aromatic rings. The number of sulfone groups is 1. The van der Waals surface area contributed by atoms with Gasteiger partial charge in [-0.15, -0.1) is 0 Å². The summed E-state index contributed by atoms with van der Waals surface area (Å²) in [6.45, 7) is 2.51. The molecule has 0 heterocycles. The average molecular weight is 369 g/mol. The van der Waals surface area contributed by atoms with E-state index in [1.807, 2.05) is 0 Å². The van der Waals surface area contributed by atoms with Gasteiger partial charge in [-0.25, -0.2) is 17.2 Å². The van der Waals surface area contributed by atoms with Gasteiger partial charge < -0.3 is 10.4 Å². The topological polar surface area (TPSA) is 83.5 Å². The molecule has 0 bridgehead atoms. The second kappa shape index (κ2) is 6.89. The van der Waals surface area contributed by atoms with E-state index in [2.05, 4.69) is 5.32 Å². The van der Waals surface area contributed by atoms with Crippen LogP contribution in [0.15, 0.2) is 47.4 Å². The normalized spacial score (nSPS) is 14.0. The molecule has 2 aromatic carbocycles. The lowest BCUT2D eigenvalue weighted by Crippen LogP contribution is -2.46. The van der Waals surface area contributed by atoms with Gasteiger partial charge in [0.2, 0.25) is 0 Å². The van der Waals surface area contributed by atoms with E-state index in [4.69, 9.17) is 0 Å². The van der Waals surface area contributed by atoms with Gasteiger partial charge in [0.15, 0.2) is 15.4 Å². The zero-order valence-electron chi connectivity index (χ0n) is 13.6. The summed E-state index contributed by atoms with van der Waals surface area (Å²) in [4.78, 5) is 12.0. The predicted molar refractivity (Wildman–Crippen MR) is 88.8 cm³/mol. The molecule has 25 heavy (non-hydrogen) atoms. The fourth-order valence-corrected chi connectivity index (χ4v) is 3.75. The van der Waals surface area contributed by atoms with Crippen molar-refractivity contribution in [3.63, 3.8) is 0 Å². The van der Waals surface area contributed by atoms with E-state index in [0.717, 1.165) is 31.2 Å². The summed E-state index contributed by atoms with van der Waals surface area (Å²) in [5.74, 6) is -3.29. The minimum Gasteiger partial charge on any atom is -0.379 e. The number of halogens is 2. The van der Waals surface area contributed by atoms with Crippen molar-refractivity contribution in [3.8, 4) is 0 Å². The van der Waals surface area contributed by atoms with E-state index >= 15 is 0 Å². The molecule has 0 fully saturated rings. The maximum absolute atomic E-state index is 13.9. The molecule has 2 N–H and O–H groups in total. The van der Waals surface area contributed by atoms with E-state index in [9.17, 15) is 27.1 Å². The number of anilines is 1. The maximum atomic E-state index is 13.9. The molecule has 0 aromatic heterocycles. The van der Waals surface area contributed by atoms with Crippen molar-refractivity contribution in [3.05, 3.63) is 59.7 Å². The number of carbonyl (C=O) groups is 1. The van der Waals surface area contributed by atoms with E-state index in [-0.39, 0.29) is 16.1 Å². The Bertz CT molecular complexity index is 893. The van der Waals surface area contributed by atoms with Crippen molar-refractivity contribution in [2.75, 3.05) is 11.1 Å². The summed E-state index contributed by atoms with van der Waals surface area (Å²) in [6.07, 6.45) is 0. The van der Waals surface area contributed by atoms with Gasteiger partial charge >= 0.3 is 0 Å². The molecular weight excluding hydrogens is 352 g/mol. The van der Waals surface area contributed by atoms with Crippen molar-refractivity contribution in [1.29, 1.82) is 0 Å². The summed E-state index contributed by atoms with van der Waals surface area (Å²) in [5, 5.41) is 12.5. The van der Waals surface area contributed by atoms with Crippen LogP contribution in [-0.4, -0.2) is 30.8 Å². The van der Waals surface area contributed by atoms with Crippen molar-refractivity contribution in [2.45, 2.75) is 24.3 Å². The quantitative estimate of drug-likeness (QED) is 0.793. The first-order chi connectivity index (χ1) is 11.5. The van der Waals surface area contributed by atoms with Crippen molar-refractivity contribution >= 4 is 21.4 Å². The number of rotatable bonds is 5. The predicted octanol–water partition coefficient (Wildman–Crippen LogP) is 2.44. The van der Waals surface area contributed by atoms with Gasteiger partial charge in [0, 0.05) is 0 Å². The Morgan fingerprint density at radius 2 is 1.76 bits per heavy atom. The Hall–Kier alpha value is -2.32. The second-order valence-corrected chi connectivity index (χ2v) is 7.87. The van der Waals surface area contributed by atoms with Gasteiger partial charge in [-0.3, -0.25) is 4.79 Å². The first-order valence-electron chi connectivity index (χ1n) is 7.30. The van der Waals surface area contributed by atoms with E-state index in [1.165, 1.54) is 25.1 Å². The number of amides is 1. The lowest BCUT2D eigenvalue weighted by Gasteiger charge is -2.22. The van der Waals surface area contributed by atoms with Crippen LogP contribution in [0.2, 0.25) is 0 Å². The smallest absolute Gasteiger partial charge is 0.257 e. The third kappa shape index (κ3) is 4.40. The van der Waals surface area contributed by atoms with Crippen LogP contribution in [0.3, 0.4) is 0 Å². The fourth-order valence-electron chi connectivity index (χ4n) is 2.16. The van der Waals surface area contributed by atoms with Gasteiger partial charge in [-0.2, -0.15) is 0 Å². The van der Waals surface area contributed by atoms with Crippen LogP contribution in [-0.2, 0) is 14.6 Å². The molecule has 1 unspecified atom stereocenters. The Kier molecular flexibility index (Phi) is 5.24. The standard InChI is InChI=1S/C17H17F2NO4S/c1-11-4-3-5-14(15(11)19)20-16(21)17(2,22)10-25(23,24)13-8-6-12(18)7-9-13/h3-9,22H,10H2,1-2H3,(H,20,21). The number of aryl methyl sites for hydroxylation is 1. The number of carbonyl (C=O) groups excluding carboxylic acids is 1. The van der Waals surface area contributed by atoms with Crippen LogP contribution in [0, 0.1) is 18.6 Å². The molecule has 1 amide bonds. The molecule has 0 spiro atoms. The molecule has 0 aliphatic heterocycles. The third-order valence-electron chi connectivity index (χ3n) is 3.57. The van der Waals surface area contributed by atoms with Gasteiger partial charge in [0.1, 0.15) is 11.6 Å². The maximum Gasteiger partial charge on any atom is 0.257 e. The van der Waals surface area contributed by atoms with Crippen LogP contribution in [0.4, 0.5) is 14.5 Å². The Labute approximate surface area is 144 Å². The summed E-state index contributed by atoms with van der Waals surface area (Å²) < 4.78 is 51.5. The van der Waals surface area contributed by atoms with Crippen molar-refractivity contribution in [1.82, 2.24) is 0 Å². The molecule has 0 aliphatic carbocycles. The molecule has 1 atom stereocenters. The van der Waals surface area contributed by atoms with Crippen molar-refractivity contribution < 1.29 is 27.1 Å². The van der Waals surface area contributed by atoms with E-state index in [0.29, 0.717) is 0 Å². The Morgan fingerprint density at radius 1 is 1.16 bits per heavy atom. The number of benzene rings is 2. The molecule has 8 heteroatoms. The lowest BCUT2D eigenvalue weighted by molar-refractivity contribution is -0.130. The van der Waals surface area contributed by atoms with Crippen LogP contribution in [0.25, 0.3) is 0 Å². The molecule has 5 nitrogen and oxygen atoms in total. The molecule has 2 rings (SSSR count). The highest BCUT2D eigenvalue weighted by atomic mass is 32.2. The van der Waals surface area contributed by atoms with E-state index in [1.54, 1.807) is 0 Å². The molecule has 0 saturated heterocycles. The minimum atomic E-state index is -4.06. The average Bonchev–Trinajstić information content (AvgIpc) is 2.51. The number of hydrogen-bond donors (Lipinski definition) is 2. The van der Waals surface area contributed by atoms with Crippen LogP contribution < -0.4 is 5.32 Å². The minimum absolute atomic E-state index is 0.163. The van der Waals surface area contributed by atoms with Crippen LogP contribution >= 0.6 is 0 Å². The van der Waals surface area contributed by atoms with Gasteiger partial charge in [-0.05, 0) is 49.7 Å². The molecule has 134 valence electrons. The second-order valence-electron chi connectivity index (χ2n) is 5.88. The molecule has 0 aliphatic rings. The first kappa shape index (κ1) is 19.0. The monoisotopic (exact) mass is 369 g/mol. The summed E-state index contributed by atoms with van der Waals surface area (Å²) >= 11 is 0. The molecular formula is C17H17F2NO4S. The lowest BCUT2D eigenvalue weighted by atomic mass is 10.1. The fraction of sp³-hybridized carbons (Fsp3) is 0.235. The SMILES string of the molecule is Cc1cccc(NC(=O)C(C)(O)CS(=O)(=O)c2ccc(F)cc2)c1F. The number of hydrogen-bond acceptors (Lipinski definition) is 4. The highest BCUT2D eigenvalue weighted by Crippen LogP contribution is 2.21. The van der Waals surface area contributed by atoms with Crippen molar-refractivity contribution in [2.24, 2.45) is 0 Å². The zero-order valence-corrected chi connectivity index (χ0v) is 14.4.